The minimum absolute atomic E-state index is 0. The number of aromatic nitrogens is 1. The summed E-state index contributed by atoms with van der Waals surface area (Å²) in [6, 6.07) is 1.59. The van der Waals surface area contributed by atoms with Crippen molar-refractivity contribution in [3.63, 3.8) is 0 Å². The standard InChI is InChI=1S/C11H16N4O3.ClH/c1-7-6-14(8(2)4-12-7)11(16)10-3-9(5-13-10)15(17)18;/h3,5,7-8,12-13H,4,6H2,1-2H3;1H. The lowest BCUT2D eigenvalue weighted by atomic mass is 10.1. The van der Waals surface area contributed by atoms with Crippen LogP contribution in [-0.4, -0.2) is 45.9 Å². The van der Waals surface area contributed by atoms with Gasteiger partial charge in [0.1, 0.15) is 5.69 Å². The summed E-state index contributed by atoms with van der Waals surface area (Å²) in [4.78, 5) is 26.7. The number of halogens is 1. The first-order valence-corrected chi connectivity index (χ1v) is 5.86. The molecule has 1 aliphatic rings. The van der Waals surface area contributed by atoms with Gasteiger partial charge in [-0.05, 0) is 13.8 Å². The van der Waals surface area contributed by atoms with Crippen molar-refractivity contribution in [2.45, 2.75) is 25.9 Å². The van der Waals surface area contributed by atoms with Gasteiger partial charge in [0.2, 0.25) is 0 Å². The molecule has 2 unspecified atom stereocenters. The van der Waals surface area contributed by atoms with E-state index in [1.54, 1.807) is 4.90 Å². The highest BCUT2D eigenvalue weighted by atomic mass is 35.5. The van der Waals surface area contributed by atoms with Crippen LogP contribution in [0.25, 0.3) is 0 Å². The molecule has 0 spiro atoms. The molecule has 1 fully saturated rings. The number of nitrogens with zero attached hydrogens (tertiary/aromatic N) is 2. The third kappa shape index (κ3) is 3.24. The zero-order valence-corrected chi connectivity index (χ0v) is 11.6. The molecule has 2 N–H and O–H groups in total. The van der Waals surface area contributed by atoms with Crippen LogP contribution in [0.5, 0.6) is 0 Å². The van der Waals surface area contributed by atoms with Crippen molar-refractivity contribution >= 4 is 24.0 Å². The van der Waals surface area contributed by atoms with Crippen LogP contribution >= 0.6 is 12.4 Å². The second kappa shape index (κ2) is 6.03. The first-order valence-electron chi connectivity index (χ1n) is 5.86. The lowest BCUT2D eigenvalue weighted by Crippen LogP contribution is -2.56. The van der Waals surface area contributed by atoms with Crippen molar-refractivity contribution in [2.75, 3.05) is 13.1 Å². The molecule has 2 rings (SSSR count). The van der Waals surface area contributed by atoms with Crippen molar-refractivity contribution in [1.29, 1.82) is 0 Å². The lowest BCUT2D eigenvalue weighted by molar-refractivity contribution is -0.384. The number of nitrogens with one attached hydrogen (secondary N) is 2. The van der Waals surface area contributed by atoms with Crippen molar-refractivity contribution in [3.05, 3.63) is 28.1 Å². The Balaban J connectivity index is 0.00000180. The number of carbonyl (C=O) groups excluding carboxylic acids is 1. The molecule has 2 heterocycles. The number of amides is 1. The van der Waals surface area contributed by atoms with Gasteiger partial charge in [-0.15, -0.1) is 12.4 Å². The maximum absolute atomic E-state index is 12.2. The molecule has 1 saturated heterocycles. The Labute approximate surface area is 116 Å². The lowest BCUT2D eigenvalue weighted by Gasteiger charge is -2.37. The first-order chi connectivity index (χ1) is 8.49. The predicted octanol–water partition coefficient (Wildman–Crippen LogP) is 1.17. The fourth-order valence-electron chi connectivity index (χ4n) is 2.07. The molecule has 1 aromatic heterocycles. The van der Waals surface area contributed by atoms with Gasteiger partial charge in [0.25, 0.3) is 11.6 Å². The largest absolute Gasteiger partial charge is 0.351 e. The Morgan fingerprint density at radius 2 is 2.21 bits per heavy atom. The fourth-order valence-corrected chi connectivity index (χ4v) is 2.07. The fraction of sp³-hybridized carbons (Fsp3) is 0.545. The highest BCUT2D eigenvalue weighted by Crippen LogP contribution is 2.16. The van der Waals surface area contributed by atoms with E-state index in [1.165, 1.54) is 12.3 Å². The van der Waals surface area contributed by atoms with Crippen LogP contribution in [0.2, 0.25) is 0 Å². The van der Waals surface area contributed by atoms with Crippen LogP contribution in [0.1, 0.15) is 24.3 Å². The molecule has 1 aromatic rings. The average molecular weight is 289 g/mol. The normalized spacial score (nSPS) is 22.7. The minimum atomic E-state index is -0.517. The van der Waals surface area contributed by atoms with E-state index in [-0.39, 0.29) is 41.8 Å². The molecule has 0 radical (unpaired) electrons. The summed E-state index contributed by atoms with van der Waals surface area (Å²) in [7, 11) is 0. The van der Waals surface area contributed by atoms with Crippen LogP contribution < -0.4 is 5.32 Å². The van der Waals surface area contributed by atoms with Crippen LogP contribution in [0, 0.1) is 10.1 Å². The maximum atomic E-state index is 12.2. The molecule has 7 nitrogen and oxygen atoms in total. The Morgan fingerprint density at radius 3 is 2.79 bits per heavy atom. The molecule has 2 atom stereocenters. The van der Waals surface area contributed by atoms with Gasteiger partial charge in [0.05, 0.1) is 11.1 Å². The molecule has 0 aliphatic carbocycles. The van der Waals surface area contributed by atoms with Gasteiger partial charge in [-0.1, -0.05) is 0 Å². The molecule has 8 heteroatoms. The van der Waals surface area contributed by atoms with E-state index < -0.39 is 4.92 Å². The number of piperazine rings is 1. The van der Waals surface area contributed by atoms with Gasteiger partial charge < -0.3 is 15.2 Å². The van der Waals surface area contributed by atoms with E-state index in [9.17, 15) is 14.9 Å². The van der Waals surface area contributed by atoms with Crippen LogP contribution in [0.3, 0.4) is 0 Å². The Hall–Kier alpha value is -1.60. The first kappa shape index (κ1) is 15.5. The molecule has 0 aromatic carbocycles. The number of hydrogen-bond acceptors (Lipinski definition) is 4. The molecule has 1 aliphatic heterocycles. The zero-order chi connectivity index (χ0) is 13.3. The number of H-pyrrole nitrogens is 1. The van der Waals surface area contributed by atoms with Crippen LogP contribution in [-0.2, 0) is 0 Å². The summed E-state index contributed by atoms with van der Waals surface area (Å²) >= 11 is 0. The van der Waals surface area contributed by atoms with Gasteiger partial charge in [-0.3, -0.25) is 14.9 Å². The monoisotopic (exact) mass is 288 g/mol. The molecule has 0 saturated carbocycles. The van der Waals surface area contributed by atoms with E-state index in [1.807, 2.05) is 13.8 Å². The minimum Gasteiger partial charge on any atom is -0.351 e. The summed E-state index contributed by atoms with van der Waals surface area (Å²) in [5.41, 5.74) is 0.178. The Kier molecular flexibility index (Phi) is 4.90. The summed E-state index contributed by atoms with van der Waals surface area (Å²) < 4.78 is 0. The number of carbonyl (C=O) groups is 1. The van der Waals surface area contributed by atoms with Crippen molar-refractivity contribution in [3.8, 4) is 0 Å². The molecule has 106 valence electrons. The van der Waals surface area contributed by atoms with Gasteiger partial charge in [-0.25, -0.2) is 0 Å². The van der Waals surface area contributed by atoms with Gasteiger partial charge >= 0.3 is 0 Å². The Morgan fingerprint density at radius 1 is 1.53 bits per heavy atom. The van der Waals surface area contributed by atoms with E-state index in [2.05, 4.69) is 10.3 Å². The molecule has 19 heavy (non-hydrogen) atoms. The van der Waals surface area contributed by atoms with Crippen molar-refractivity contribution < 1.29 is 9.72 Å². The van der Waals surface area contributed by atoms with Crippen LogP contribution in [0.4, 0.5) is 5.69 Å². The summed E-state index contributed by atoms with van der Waals surface area (Å²) in [5.74, 6) is -0.191. The number of aromatic amines is 1. The smallest absolute Gasteiger partial charge is 0.287 e. The van der Waals surface area contributed by atoms with Gasteiger partial charge in [-0.2, -0.15) is 0 Å². The predicted molar refractivity (Wildman–Crippen MR) is 72.7 cm³/mol. The zero-order valence-electron chi connectivity index (χ0n) is 10.8. The number of hydrogen-bond donors (Lipinski definition) is 2. The third-order valence-corrected chi connectivity index (χ3v) is 3.13. The van der Waals surface area contributed by atoms with E-state index in [0.717, 1.165) is 6.54 Å². The van der Waals surface area contributed by atoms with Gasteiger partial charge in [0.15, 0.2) is 0 Å². The van der Waals surface area contributed by atoms with Crippen molar-refractivity contribution in [2.24, 2.45) is 0 Å². The Bertz CT molecular complexity index is 476. The van der Waals surface area contributed by atoms with Crippen molar-refractivity contribution in [1.82, 2.24) is 15.2 Å². The van der Waals surface area contributed by atoms with Crippen LogP contribution in [0.15, 0.2) is 12.3 Å². The highest BCUT2D eigenvalue weighted by Gasteiger charge is 2.28. The number of nitro groups is 1. The highest BCUT2D eigenvalue weighted by molar-refractivity contribution is 5.93. The molecular weight excluding hydrogens is 272 g/mol. The summed E-state index contributed by atoms with van der Waals surface area (Å²) in [5, 5.41) is 13.9. The second-order valence-electron chi connectivity index (χ2n) is 4.64. The second-order valence-corrected chi connectivity index (χ2v) is 4.64. The quantitative estimate of drug-likeness (QED) is 0.631. The number of rotatable bonds is 2. The summed E-state index contributed by atoms with van der Waals surface area (Å²) in [6.07, 6.45) is 1.24. The molecule has 0 bridgehead atoms. The van der Waals surface area contributed by atoms with E-state index in [0.29, 0.717) is 6.54 Å². The molecular formula is C11H17ClN4O3. The SMILES string of the molecule is CC1CN(C(=O)c2cc([N+](=O)[O-])c[nH]2)C(C)CN1.Cl. The average Bonchev–Trinajstić information content (AvgIpc) is 2.81. The molecule has 1 amide bonds. The van der Waals surface area contributed by atoms with E-state index in [4.69, 9.17) is 0 Å². The maximum Gasteiger partial charge on any atom is 0.287 e. The summed E-state index contributed by atoms with van der Waals surface area (Å²) in [6.45, 7) is 5.29. The van der Waals surface area contributed by atoms with Gasteiger partial charge in [0, 0.05) is 31.2 Å². The topological polar surface area (TPSA) is 91.3 Å². The third-order valence-electron chi connectivity index (χ3n) is 3.13. The van der Waals surface area contributed by atoms with E-state index >= 15 is 0 Å².